The molecule has 0 aromatic carbocycles. The fourth-order valence-electron chi connectivity index (χ4n) is 2.27. The summed E-state index contributed by atoms with van der Waals surface area (Å²) < 4.78 is 12.9. The second kappa shape index (κ2) is 7.38. The first-order valence-corrected chi connectivity index (χ1v) is 6.51. The average Bonchev–Trinajstić information content (AvgIpc) is 2.74. The van der Waals surface area contributed by atoms with Crippen LogP contribution in [0.15, 0.2) is 6.20 Å². The Labute approximate surface area is 109 Å². The number of nitrogens with zero attached hydrogens (tertiary/aromatic N) is 2. The molecule has 1 N–H and O–H groups in total. The van der Waals surface area contributed by atoms with Gasteiger partial charge in [-0.3, -0.25) is 4.68 Å². The van der Waals surface area contributed by atoms with Gasteiger partial charge in [0.05, 0.1) is 31.1 Å². The van der Waals surface area contributed by atoms with Crippen LogP contribution < -0.4 is 10.1 Å². The second-order valence-electron chi connectivity index (χ2n) is 4.32. The maximum atomic E-state index is 5.62. The van der Waals surface area contributed by atoms with Gasteiger partial charge in [0.25, 0.3) is 0 Å². The highest BCUT2D eigenvalue weighted by Gasteiger charge is 2.27. The summed E-state index contributed by atoms with van der Waals surface area (Å²) in [5.41, 5.74) is 1.04. The van der Waals surface area contributed by atoms with Crippen molar-refractivity contribution in [2.45, 2.75) is 38.8 Å². The van der Waals surface area contributed by atoms with Crippen molar-refractivity contribution in [3.05, 3.63) is 11.9 Å². The molecule has 5 nitrogen and oxygen atoms in total. The lowest BCUT2D eigenvalue weighted by atomic mass is 10.0. The van der Waals surface area contributed by atoms with E-state index >= 15 is 0 Å². The zero-order chi connectivity index (χ0) is 13.5. The van der Waals surface area contributed by atoms with Gasteiger partial charge in [-0.15, -0.1) is 0 Å². The normalized spacial score (nSPS) is 14.5. The molecule has 0 bridgehead atoms. The second-order valence-corrected chi connectivity index (χ2v) is 4.32. The fraction of sp³-hybridized carbons (Fsp3) is 0.769. The first-order chi connectivity index (χ1) is 8.69. The Kier molecular flexibility index (Phi) is 6.15. The summed E-state index contributed by atoms with van der Waals surface area (Å²) in [5.74, 6) is 0.807. The van der Waals surface area contributed by atoms with Crippen molar-refractivity contribution in [3.63, 3.8) is 0 Å². The van der Waals surface area contributed by atoms with Gasteiger partial charge in [-0.2, -0.15) is 5.10 Å². The van der Waals surface area contributed by atoms with E-state index in [1.165, 1.54) is 0 Å². The number of hydrogen-bond acceptors (Lipinski definition) is 4. The maximum absolute atomic E-state index is 5.62. The quantitative estimate of drug-likeness (QED) is 0.770. The monoisotopic (exact) mass is 255 g/mol. The van der Waals surface area contributed by atoms with Crippen molar-refractivity contribution in [2.24, 2.45) is 7.05 Å². The molecule has 0 radical (unpaired) electrons. The molecular weight excluding hydrogens is 230 g/mol. The van der Waals surface area contributed by atoms with E-state index in [1.54, 1.807) is 20.4 Å². The lowest BCUT2D eigenvalue weighted by Crippen LogP contribution is -2.35. The van der Waals surface area contributed by atoms with E-state index in [-0.39, 0.29) is 12.1 Å². The van der Waals surface area contributed by atoms with Crippen LogP contribution in [-0.2, 0) is 11.8 Å². The minimum atomic E-state index is 0.0994. The van der Waals surface area contributed by atoms with Crippen LogP contribution in [0, 0.1) is 0 Å². The van der Waals surface area contributed by atoms with Crippen molar-refractivity contribution < 1.29 is 9.47 Å². The van der Waals surface area contributed by atoms with Gasteiger partial charge in [-0.05, 0) is 13.0 Å². The molecular formula is C13H25N3O2. The third-order valence-corrected chi connectivity index (χ3v) is 3.14. The molecule has 18 heavy (non-hydrogen) atoms. The Hall–Kier alpha value is -1.07. The van der Waals surface area contributed by atoms with E-state index < -0.39 is 0 Å². The Morgan fingerprint density at radius 3 is 2.61 bits per heavy atom. The van der Waals surface area contributed by atoms with Crippen molar-refractivity contribution in [1.29, 1.82) is 0 Å². The molecule has 0 saturated heterocycles. The molecule has 0 aliphatic rings. The van der Waals surface area contributed by atoms with Crippen LogP contribution >= 0.6 is 0 Å². The van der Waals surface area contributed by atoms with E-state index in [4.69, 9.17) is 9.47 Å². The van der Waals surface area contributed by atoms with E-state index in [0.717, 1.165) is 30.8 Å². The largest absolute Gasteiger partial charge is 0.493 e. The van der Waals surface area contributed by atoms with E-state index in [9.17, 15) is 0 Å². The highest BCUT2D eigenvalue weighted by molar-refractivity contribution is 5.29. The van der Waals surface area contributed by atoms with Crippen LogP contribution in [-0.4, -0.2) is 36.6 Å². The smallest absolute Gasteiger partial charge is 0.161 e. The predicted octanol–water partition coefficient (Wildman–Crippen LogP) is 1.89. The standard InChI is InChI=1S/C13H25N3O2/c1-6-8-10(17-4)12(14-7-2)13-11(18-5)9-15-16(13)3/h9-10,12,14H,6-8H2,1-5H3. The van der Waals surface area contributed by atoms with Crippen LogP contribution in [0.3, 0.4) is 0 Å². The third kappa shape index (κ3) is 3.23. The molecule has 0 saturated carbocycles. The summed E-state index contributed by atoms with van der Waals surface area (Å²) in [7, 11) is 5.36. The topological polar surface area (TPSA) is 48.3 Å². The third-order valence-electron chi connectivity index (χ3n) is 3.14. The molecule has 1 aromatic rings. The number of aryl methyl sites for hydroxylation is 1. The zero-order valence-electron chi connectivity index (χ0n) is 12.1. The maximum Gasteiger partial charge on any atom is 0.161 e. The van der Waals surface area contributed by atoms with Crippen LogP contribution in [0.1, 0.15) is 38.4 Å². The number of likely N-dealkylation sites (N-methyl/N-ethyl adjacent to an activating group) is 1. The highest BCUT2D eigenvalue weighted by atomic mass is 16.5. The molecule has 1 aromatic heterocycles. The first-order valence-electron chi connectivity index (χ1n) is 6.51. The van der Waals surface area contributed by atoms with E-state index in [2.05, 4.69) is 24.3 Å². The van der Waals surface area contributed by atoms with Crippen molar-refractivity contribution in [3.8, 4) is 5.75 Å². The summed E-state index contributed by atoms with van der Waals surface area (Å²) in [6.45, 7) is 5.13. The van der Waals surface area contributed by atoms with Gasteiger partial charge in [-0.25, -0.2) is 0 Å². The van der Waals surface area contributed by atoms with Gasteiger partial charge in [0.2, 0.25) is 0 Å². The lowest BCUT2D eigenvalue weighted by molar-refractivity contribution is 0.0578. The molecule has 0 amide bonds. The van der Waals surface area contributed by atoms with Gasteiger partial charge in [0.1, 0.15) is 0 Å². The molecule has 104 valence electrons. The van der Waals surface area contributed by atoms with Crippen molar-refractivity contribution in [1.82, 2.24) is 15.1 Å². The number of ether oxygens (including phenoxy) is 2. The lowest BCUT2D eigenvalue weighted by Gasteiger charge is -2.27. The number of nitrogens with one attached hydrogen (secondary N) is 1. The van der Waals surface area contributed by atoms with Gasteiger partial charge < -0.3 is 14.8 Å². The molecule has 1 rings (SSSR count). The molecule has 0 aliphatic heterocycles. The number of hydrogen-bond donors (Lipinski definition) is 1. The van der Waals surface area contributed by atoms with E-state index in [1.807, 2.05) is 11.7 Å². The fourth-order valence-corrected chi connectivity index (χ4v) is 2.27. The molecule has 0 aliphatic carbocycles. The van der Waals surface area contributed by atoms with Gasteiger partial charge in [0, 0.05) is 14.2 Å². The predicted molar refractivity (Wildman–Crippen MR) is 71.9 cm³/mol. The summed E-state index contributed by atoms with van der Waals surface area (Å²) >= 11 is 0. The summed E-state index contributed by atoms with van der Waals surface area (Å²) in [6, 6.07) is 0.0994. The van der Waals surface area contributed by atoms with Crippen LogP contribution in [0.2, 0.25) is 0 Å². The van der Waals surface area contributed by atoms with Crippen LogP contribution in [0.5, 0.6) is 5.75 Å². The average molecular weight is 255 g/mol. The Morgan fingerprint density at radius 1 is 1.39 bits per heavy atom. The Balaban J connectivity index is 3.05. The van der Waals surface area contributed by atoms with Gasteiger partial charge in [-0.1, -0.05) is 20.3 Å². The number of aromatic nitrogens is 2. The minimum absolute atomic E-state index is 0.0994. The van der Waals surface area contributed by atoms with Crippen LogP contribution in [0.25, 0.3) is 0 Å². The Morgan fingerprint density at radius 2 is 2.11 bits per heavy atom. The van der Waals surface area contributed by atoms with Crippen molar-refractivity contribution >= 4 is 0 Å². The summed E-state index contributed by atoms with van der Waals surface area (Å²) in [4.78, 5) is 0. The Bertz CT molecular complexity index is 352. The molecule has 0 spiro atoms. The SMILES string of the molecule is CCCC(OC)C(NCC)c1c(OC)cnn1C. The van der Waals surface area contributed by atoms with Crippen molar-refractivity contribution in [2.75, 3.05) is 20.8 Å². The summed E-state index contributed by atoms with van der Waals surface area (Å²) in [5, 5.41) is 7.73. The van der Waals surface area contributed by atoms with Crippen LogP contribution in [0.4, 0.5) is 0 Å². The highest BCUT2D eigenvalue weighted by Crippen LogP contribution is 2.29. The van der Waals surface area contributed by atoms with Gasteiger partial charge in [0.15, 0.2) is 5.75 Å². The first kappa shape index (κ1) is 15.0. The summed E-state index contributed by atoms with van der Waals surface area (Å²) in [6.07, 6.45) is 3.96. The molecule has 5 heteroatoms. The van der Waals surface area contributed by atoms with Gasteiger partial charge >= 0.3 is 0 Å². The minimum Gasteiger partial charge on any atom is -0.493 e. The zero-order valence-corrected chi connectivity index (χ0v) is 12.1. The number of methoxy groups -OCH3 is 2. The molecule has 0 fully saturated rings. The number of rotatable bonds is 8. The van der Waals surface area contributed by atoms with E-state index in [0.29, 0.717) is 0 Å². The molecule has 1 heterocycles. The molecule has 2 unspecified atom stereocenters. The molecule has 2 atom stereocenters.